The van der Waals surface area contributed by atoms with Gasteiger partial charge in [-0.2, -0.15) is 0 Å². The number of carbonyl (C=O) groups excluding carboxylic acids is 1. The maximum absolute atomic E-state index is 13.6. The summed E-state index contributed by atoms with van der Waals surface area (Å²) < 4.78 is 5.55. The number of piperidine rings is 1. The number of benzene rings is 1. The van der Waals surface area contributed by atoms with Crippen LogP contribution in [0, 0.1) is 6.92 Å². The van der Waals surface area contributed by atoms with Crippen molar-refractivity contribution >= 4 is 28.3 Å². The van der Waals surface area contributed by atoms with E-state index in [0.717, 1.165) is 54.0 Å². The molecule has 1 fully saturated rings. The van der Waals surface area contributed by atoms with Crippen LogP contribution in [-0.4, -0.2) is 40.0 Å². The number of hydrogen-bond donors (Lipinski definition) is 1. The average molecular weight is 419 g/mol. The van der Waals surface area contributed by atoms with Crippen LogP contribution in [-0.2, 0) is 0 Å². The minimum atomic E-state index is 0.0370. The molecular formula is C25H30N4O2. The van der Waals surface area contributed by atoms with E-state index >= 15 is 0 Å². The highest BCUT2D eigenvalue weighted by molar-refractivity contribution is 6.07. The first kappa shape index (κ1) is 21.1. The number of ether oxygens (including phenoxy) is 1. The minimum absolute atomic E-state index is 0.0370. The summed E-state index contributed by atoms with van der Waals surface area (Å²) in [5.74, 6) is 0.857. The molecule has 6 heteroatoms. The van der Waals surface area contributed by atoms with E-state index in [1.807, 2.05) is 55.1 Å². The number of rotatable bonds is 6. The molecule has 3 heterocycles. The second kappa shape index (κ2) is 9.33. The third-order valence-corrected chi connectivity index (χ3v) is 5.89. The molecule has 1 amide bonds. The molecule has 6 nitrogen and oxygen atoms in total. The Balaban J connectivity index is 1.76. The normalized spacial score (nSPS) is 16.4. The summed E-state index contributed by atoms with van der Waals surface area (Å²) in [5.41, 5.74) is 3.76. The Labute approximate surface area is 183 Å². The van der Waals surface area contributed by atoms with E-state index in [1.54, 1.807) is 6.20 Å². The molecule has 4 rings (SSSR count). The van der Waals surface area contributed by atoms with Crippen LogP contribution in [0.1, 0.15) is 55.6 Å². The lowest BCUT2D eigenvalue weighted by Gasteiger charge is -2.35. The average Bonchev–Trinajstić information content (AvgIpc) is 2.80. The number of nitrogens with zero attached hydrogens (tertiary/aromatic N) is 3. The minimum Gasteiger partial charge on any atom is -0.494 e. The first-order chi connectivity index (χ1) is 15.1. The first-order valence-electron chi connectivity index (χ1n) is 11.2. The molecule has 3 aromatic rings. The van der Waals surface area contributed by atoms with Crippen molar-refractivity contribution in [2.45, 2.75) is 52.5 Å². The summed E-state index contributed by atoms with van der Waals surface area (Å²) >= 11 is 0. The quantitative estimate of drug-likeness (QED) is 0.574. The Morgan fingerprint density at radius 2 is 1.97 bits per heavy atom. The third kappa shape index (κ3) is 4.48. The zero-order chi connectivity index (χ0) is 21.8. The van der Waals surface area contributed by atoms with E-state index in [0.29, 0.717) is 17.8 Å². The number of anilines is 2. The fraction of sp³-hybridized carbons (Fsp3) is 0.400. The Kier molecular flexibility index (Phi) is 6.35. The number of amides is 1. The predicted molar refractivity (Wildman–Crippen MR) is 124 cm³/mol. The number of aromatic nitrogens is 2. The summed E-state index contributed by atoms with van der Waals surface area (Å²) in [5, 5.41) is 4.32. The van der Waals surface area contributed by atoms with E-state index in [9.17, 15) is 4.79 Å². The third-order valence-electron chi connectivity index (χ3n) is 5.89. The van der Waals surface area contributed by atoms with E-state index < -0.39 is 0 Å². The topological polar surface area (TPSA) is 67.3 Å². The SMILES string of the molecule is CCOc1ccc(Nc2c(C(=O)N3CCCC[C@@H]3CC)cnc3nc(C)ccc23)cc1. The van der Waals surface area contributed by atoms with Gasteiger partial charge in [-0.15, -0.1) is 0 Å². The summed E-state index contributed by atoms with van der Waals surface area (Å²) in [7, 11) is 0. The van der Waals surface area contributed by atoms with E-state index in [1.165, 1.54) is 6.42 Å². The lowest BCUT2D eigenvalue weighted by molar-refractivity contribution is 0.0609. The molecule has 1 N–H and O–H groups in total. The predicted octanol–water partition coefficient (Wildman–Crippen LogP) is 5.49. The number of pyridine rings is 2. The Hall–Kier alpha value is -3.15. The van der Waals surface area contributed by atoms with Crippen molar-refractivity contribution < 1.29 is 9.53 Å². The van der Waals surface area contributed by atoms with Gasteiger partial charge in [0.15, 0.2) is 5.65 Å². The van der Waals surface area contributed by atoms with Gasteiger partial charge in [-0.25, -0.2) is 9.97 Å². The molecule has 0 radical (unpaired) electrons. The number of nitrogens with one attached hydrogen (secondary N) is 1. The van der Waals surface area contributed by atoms with Gasteiger partial charge in [0.2, 0.25) is 0 Å². The van der Waals surface area contributed by atoms with Crippen molar-refractivity contribution in [3.05, 3.63) is 53.9 Å². The van der Waals surface area contributed by atoms with Gasteiger partial charge in [0, 0.05) is 35.6 Å². The molecule has 1 aliphatic heterocycles. The van der Waals surface area contributed by atoms with E-state index in [2.05, 4.69) is 22.2 Å². The van der Waals surface area contributed by atoms with Gasteiger partial charge in [-0.3, -0.25) is 4.79 Å². The molecule has 0 bridgehead atoms. The first-order valence-corrected chi connectivity index (χ1v) is 11.2. The fourth-order valence-electron chi connectivity index (χ4n) is 4.26. The van der Waals surface area contributed by atoms with Crippen molar-refractivity contribution in [2.75, 3.05) is 18.5 Å². The molecule has 0 aliphatic carbocycles. The number of aryl methyl sites for hydroxylation is 1. The van der Waals surface area contributed by atoms with E-state index in [4.69, 9.17) is 4.74 Å². The molecule has 1 atom stereocenters. The molecule has 162 valence electrons. The van der Waals surface area contributed by atoms with Gasteiger partial charge >= 0.3 is 0 Å². The molecule has 1 aliphatic rings. The second-order valence-corrected chi connectivity index (χ2v) is 8.01. The van der Waals surface area contributed by atoms with Crippen LogP contribution < -0.4 is 10.1 Å². The van der Waals surface area contributed by atoms with Crippen LogP contribution in [0.25, 0.3) is 11.0 Å². The van der Waals surface area contributed by atoms with Crippen molar-refractivity contribution in [1.29, 1.82) is 0 Å². The van der Waals surface area contributed by atoms with Gasteiger partial charge in [-0.05, 0) is 75.9 Å². The highest BCUT2D eigenvalue weighted by Crippen LogP contribution is 2.32. The molecule has 2 aromatic heterocycles. The summed E-state index contributed by atoms with van der Waals surface area (Å²) in [6.07, 6.45) is 5.93. The van der Waals surface area contributed by atoms with E-state index in [-0.39, 0.29) is 11.9 Å². The lowest BCUT2D eigenvalue weighted by Crippen LogP contribution is -2.43. The second-order valence-electron chi connectivity index (χ2n) is 8.01. The van der Waals surface area contributed by atoms with Crippen LogP contribution in [0.2, 0.25) is 0 Å². The molecule has 0 saturated carbocycles. The van der Waals surface area contributed by atoms with Gasteiger partial charge in [0.25, 0.3) is 5.91 Å². The highest BCUT2D eigenvalue weighted by Gasteiger charge is 2.28. The standard InChI is InChI=1S/C25H30N4O2/c1-4-19-8-6-7-15-29(19)25(30)22-16-26-24-21(14-9-17(3)27-24)23(22)28-18-10-12-20(13-11-18)31-5-2/h9-14,16,19H,4-8,15H2,1-3H3,(H,26,27,28)/t19-/m0/s1. The van der Waals surface area contributed by atoms with Crippen molar-refractivity contribution in [2.24, 2.45) is 0 Å². The molecular weight excluding hydrogens is 388 g/mol. The molecule has 0 unspecified atom stereocenters. The monoisotopic (exact) mass is 418 g/mol. The van der Waals surface area contributed by atoms with Crippen molar-refractivity contribution in [1.82, 2.24) is 14.9 Å². The van der Waals surface area contributed by atoms with Gasteiger partial charge < -0.3 is 15.0 Å². The summed E-state index contributed by atoms with van der Waals surface area (Å²) in [6, 6.07) is 12.0. The van der Waals surface area contributed by atoms with Gasteiger partial charge in [0.1, 0.15) is 5.75 Å². The number of fused-ring (bicyclic) bond motifs is 1. The number of hydrogen-bond acceptors (Lipinski definition) is 5. The largest absolute Gasteiger partial charge is 0.494 e. The Morgan fingerprint density at radius 1 is 1.16 bits per heavy atom. The van der Waals surface area contributed by atoms with Crippen molar-refractivity contribution in [3.63, 3.8) is 0 Å². The smallest absolute Gasteiger partial charge is 0.257 e. The van der Waals surface area contributed by atoms with Crippen LogP contribution in [0.4, 0.5) is 11.4 Å². The number of carbonyl (C=O) groups is 1. The van der Waals surface area contributed by atoms with Gasteiger partial charge in [-0.1, -0.05) is 6.92 Å². The van der Waals surface area contributed by atoms with Crippen molar-refractivity contribution in [3.8, 4) is 5.75 Å². The summed E-state index contributed by atoms with van der Waals surface area (Å²) in [6.45, 7) is 7.48. The van der Waals surface area contributed by atoms with Crippen LogP contribution in [0.15, 0.2) is 42.6 Å². The summed E-state index contributed by atoms with van der Waals surface area (Å²) in [4.78, 5) is 24.8. The zero-order valence-electron chi connectivity index (χ0n) is 18.5. The number of likely N-dealkylation sites (tertiary alicyclic amines) is 1. The lowest BCUT2D eigenvalue weighted by atomic mass is 9.98. The highest BCUT2D eigenvalue weighted by atomic mass is 16.5. The Morgan fingerprint density at radius 3 is 2.71 bits per heavy atom. The molecule has 0 spiro atoms. The molecule has 31 heavy (non-hydrogen) atoms. The Bertz CT molecular complexity index is 1070. The van der Waals surface area contributed by atoms with Crippen LogP contribution >= 0.6 is 0 Å². The molecule has 1 aromatic carbocycles. The van der Waals surface area contributed by atoms with Crippen LogP contribution in [0.5, 0.6) is 5.75 Å². The molecule has 1 saturated heterocycles. The van der Waals surface area contributed by atoms with Crippen LogP contribution in [0.3, 0.4) is 0 Å². The maximum atomic E-state index is 13.6. The maximum Gasteiger partial charge on any atom is 0.257 e. The zero-order valence-corrected chi connectivity index (χ0v) is 18.5. The fourth-order valence-corrected chi connectivity index (χ4v) is 4.26. The van der Waals surface area contributed by atoms with Gasteiger partial charge in [0.05, 0.1) is 17.9 Å².